The highest BCUT2D eigenvalue weighted by Crippen LogP contribution is 2.23. The Bertz CT molecular complexity index is 708. The Labute approximate surface area is 134 Å². The molecule has 0 amide bonds. The number of halogens is 1. The van der Waals surface area contributed by atoms with E-state index in [2.05, 4.69) is 5.10 Å². The summed E-state index contributed by atoms with van der Waals surface area (Å²) in [5, 5.41) is 7.30. The standard InChI is InChI=1S/C17H15ClN2O2/c1-22-17(21)13-4-8-15(9-5-13)20-11-10-16(19-20)12-2-6-14(18)7-3-12/h2-9H,10-11H2,1H3. The highest BCUT2D eigenvalue weighted by molar-refractivity contribution is 6.30. The second-order valence-electron chi connectivity index (χ2n) is 4.97. The van der Waals surface area contributed by atoms with Crippen LogP contribution < -0.4 is 5.01 Å². The van der Waals surface area contributed by atoms with E-state index in [1.165, 1.54) is 7.11 Å². The number of esters is 1. The van der Waals surface area contributed by atoms with Gasteiger partial charge in [0.25, 0.3) is 0 Å². The van der Waals surface area contributed by atoms with Gasteiger partial charge in [0.05, 0.1) is 24.1 Å². The van der Waals surface area contributed by atoms with Gasteiger partial charge in [-0.3, -0.25) is 5.01 Å². The number of rotatable bonds is 3. The minimum Gasteiger partial charge on any atom is -0.465 e. The Balaban J connectivity index is 1.79. The van der Waals surface area contributed by atoms with Crippen molar-refractivity contribution in [1.29, 1.82) is 0 Å². The second-order valence-corrected chi connectivity index (χ2v) is 5.40. The summed E-state index contributed by atoms with van der Waals surface area (Å²) < 4.78 is 4.70. The lowest BCUT2D eigenvalue weighted by Gasteiger charge is -2.13. The molecular formula is C17H15ClN2O2. The van der Waals surface area contributed by atoms with Gasteiger partial charge in [-0.1, -0.05) is 23.7 Å². The average molecular weight is 315 g/mol. The second kappa shape index (κ2) is 6.20. The molecule has 112 valence electrons. The van der Waals surface area contributed by atoms with Crippen molar-refractivity contribution in [2.24, 2.45) is 5.10 Å². The summed E-state index contributed by atoms with van der Waals surface area (Å²) in [6.45, 7) is 0.815. The number of nitrogens with zero attached hydrogens (tertiary/aromatic N) is 2. The molecule has 0 N–H and O–H groups in total. The Hall–Kier alpha value is -2.33. The summed E-state index contributed by atoms with van der Waals surface area (Å²) >= 11 is 5.91. The topological polar surface area (TPSA) is 41.9 Å². The number of benzene rings is 2. The lowest BCUT2D eigenvalue weighted by atomic mass is 10.1. The van der Waals surface area contributed by atoms with Crippen LogP contribution in [0.25, 0.3) is 0 Å². The van der Waals surface area contributed by atoms with Crippen molar-refractivity contribution < 1.29 is 9.53 Å². The van der Waals surface area contributed by atoms with Crippen molar-refractivity contribution in [2.45, 2.75) is 6.42 Å². The van der Waals surface area contributed by atoms with Crippen molar-refractivity contribution in [2.75, 3.05) is 18.7 Å². The van der Waals surface area contributed by atoms with E-state index in [4.69, 9.17) is 16.3 Å². The van der Waals surface area contributed by atoms with Crippen molar-refractivity contribution in [3.05, 3.63) is 64.7 Å². The number of hydrazone groups is 1. The molecule has 2 aromatic rings. The number of anilines is 1. The first-order valence-electron chi connectivity index (χ1n) is 6.97. The van der Waals surface area contributed by atoms with Crippen LogP contribution in [0.5, 0.6) is 0 Å². The molecule has 22 heavy (non-hydrogen) atoms. The van der Waals surface area contributed by atoms with Crippen LogP contribution in [-0.2, 0) is 4.74 Å². The summed E-state index contributed by atoms with van der Waals surface area (Å²) in [5.74, 6) is -0.335. The number of carbonyl (C=O) groups excluding carboxylic acids is 1. The van der Waals surface area contributed by atoms with Crippen LogP contribution in [0.4, 0.5) is 5.69 Å². The maximum atomic E-state index is 11.4. The van der Waals surface area contributed by atoms with E-state index in [0.29, 0.717) is 5.56 Å². The largest absolute Gasteiger partial charge is 0.465 e. The minimum absolute atomic E-state index is 0.335. The molecule has 1 aliphatic heterocycles. The Morgan fingerprint density at radius 2 is 1.82 bits per heavy atom. The number of hydrogen-bond acceptors (Lipinski definition) is 4. The van der Waals surface area contributed by atoms with Gasteiger partial charge < -0.3 is 4.74 Å². The fourth-order valence-corrected chi connectivity index (χ4v) is 2.50. The van der Waals surface area contributed by atoms with Gasteiger partial charge in [0.1, 0.15) is 0 Å². The van der Waals surface area contributed by atoms with Gasteiger partial charge in [0.2, 0.25) is 0 Å². The Morgan fingerprint density at radius 3 is 2.45 bits per heavy atom. The molecule has 3 rings (SSSR count). The molecule has 0 saturated heterocycles. The van der Waals surface area contributed by atoms with Gasteiger partial charge in [0.15, 0.2) is 0 Å². The zero-order valence-electron chi connectivity index (χ0n) is 12.1. The smallest absolute Gasteiger partial charge is 0.337 e. The van der Waals surface area contributed by atoms with Crippen LogP contribution in [0.3, 0.4) is 0 Å². The predicted octanol–water partition coefficient (Wildman–Crippen LogP) is 3.74. The van der Waals surface area contributed by atoms with Gasteiger partial charge in [-0.2, -0.15) is 5.10 Å². The van der Waals surface area contributed by atoms with Gasteiger partial charge in [-0.25, -0.2) is 4.79 Å². The summed E-state index contributed by atoms with van der Waals surface area (Å²) in [4.78, 5) is 11.4. The van der Waals surface area contributed by atoms with Crippen LogP contribution in [0.2, 0.25) is 5.02 Å². The monoisotopic (exact) mass is 314 g/mol. The molecule has 0 saturated carbocycles. The van der Waals surface area contributed by atoms with E-state index in [1.807, 2.05) is 41.4 Å². The average Bonchev–Trinajstić information content (AvgIpc) is 3.05. The van der Waals surface area contributed by atoms with Gasteiger partial charge >= 0.3 is 5.97 Å². The van der Waals surface area contributed by atoms with Gasteiger partial charge in [-0.15, -0.1) is 0 Å². The first-order chi connectivity index (χ1) is 10.7. The highest BCUT2D eigenvalue weighted by Gasteiger charge is 2.17. The molecule has 1 aliphatic rings. The van der Waals surface area contributed by atoms with Crippen LogP contribution in [-0.4, -0.2) is 25.3 Å². The molecular weight excluding hydrogens is 300 g/mol. The molecule has 0 aromatic heterocycles. The molecule has 4 nitrogen and oxygen atoms in total. The maximum Gasteiger partial charge on any atom is 0.337 e. The predicted molar refractivity (Wildman–Crippen MR) is 87.7 cm³/mol. The number of carbonyl (C=O) groups is 1. The Morgan fingerprint density at radius 1 is 1.14 bits per heavy atom. The Kier molecular flexibility index (Phi) is 4.11. The normalized spacial score (nSPS) is 13.9. The lowest BCUT2D eigenvalue weighted by Crippen LogP contribution is -2.12. The zero-order chi connectivity index (χ0) is 15.5. The van der Waals surface area contributed by atoms with Gasteiger partial charge in [-0.05, 0) is 42.0 Å². The van der Waals surface area contributed by atoms with E-state index >= 15 is 0 Å². The molecule has 1 heterocycles. The first-order valence-corrected chi connectivity index (χ1v) is 7.34. The highest BCUT2D eigenvalue weighted by atomic mass is 35.5. The summed E-state index contributed by atoms with van der Waals surface area (Å²) in [6, 6.07) is 14.9. The number of ether oxygens (including phenoxy) is 1. The third-order valence-corrected chi connectivity index (χ3v) is 3.82. The van der Waals surface area contributed by atoms with E-state index in [-0.39, 0.29) is 5.97 Å². The quantitative estimate of drug-likeness (QED) is 0.810. The van der Waals surface area contributed by atoms with Crippen LogP contribution in [0, 0.1) is 0 Å². The van der Waals surface area contributed by atoms with Crippen molar-refractivity contribution in [1.82, 2.24) is 0 Å². The fraction of sp³-hybridized carbons (Fsp3) is 0.176. The molecule has 5 heteroatoms. The molecule has 0 fully saturated rings. The van der Waals surface area contributed by atoms with Crippen molar-refractivity contribution in [3.8, 4) is 0 Å². The molecule has 2 aromatic carbocycles. The van der Waals surface area contributed by atoms with E-state index in [9.17, 15) is 4.79 Å². The van der Waals surface area contributed by atoms with E-state index in [0.717, 1.165) is 35.0 Å². The van der Waals surface area contributed by atoms with Gasteiger partial charge in [0, 0.05) is 18.0 Å². The fourth-order valence-electron chi connectivity index (χ4n) is 2.38. The molecule has 0 aliphatic carbocycles. The summed E-state index contributed by atoms with van der Waals surface area (Å²) in [7, 11) is 1.37. The maximum absolute atomic E-state index is 11.4. The number of methoxy groups -OCH3 is 1. The van der Waals surface area contributed by atoms with E-state index < -0.39 is 0 Å². The number of hydrogen-bond donors (Lipinski definition) is 0. The van der Waals surface area contributed by atoms with E-state index in [1.54, 1.807) is 12.1 Å². The van der Waals surface area contributed by atoms with Crippen LogP contribution >= 0.6 is 11.6 Å². The third kappa shape index (κ3) is 2.97. The van der Waals surface area contributed by atoms with Crippen LogP contribution in [0.1, 0.15) is 22.3 Å². The summed E-state index contributed by atoms with van der Waals surface area (Å²) in [6.07, 6.45) is 0.875. The third-order valence-electron chi connectivity index (χ3n) is 3.57. The molecule has 0 unspecified atom stereocenters. The molecule has 0 radical (unpaired) electrons. The summed E-state index contributed by atoms with van der Waals surface area (Å²) in [5.41, 5.74) is 3.61. The first kappa shape index (κ1) is 14.6. The molecule has 0 atom stereocenters. The SMILES string of the molecule is COC(=O)c1ccc(N2CCC(c3ccc(Cl)cc3)=N2)cc1. The lowest BCUT2D eigenvalue weighted by molar-refractivity contribution is 0.0601. The zero-order valence-corrected chi connectivity index (χ0v) is 12.9. The van der Waals surface area contributed by atoms with Crippen molar-refractivity contribution in [3.63, 3.8) is 0 Å². The van der Waals surface area contributed by atoms with Crippen LogP contribution in [0.15, 0.2) is 53.6 Å². The minimum atomic E-state index is -0.335. The molecule has 0 bridgehead atoms. The molecule has 0 spiro atoms. The van der Waals surface area contributed by atoms with Crippen molar-refractivity contribution >= 4 is 29.0 Å².